The Morgan fingerprint density at radius 3 is 1.74 bits per heavy atom. The molecule has 2 aromatic rings. The predicted molar refractivity (Wildman–Crippen MR) is 124 cm³/mol. The summed E-state index contributed by atoms with van der Waals surface area (Å²) in [6.07, 6.45) is 14.9. The van der Waals surface area contributed by atoms with Gasteiger partial charge in [0.15, 0.2) is 0 Å². The number of hydrogen-bond acceptors (Lipinski definition) is 0. The van der Waals surface area contributed by atoms with Crippen LogP contribution >= 0.6 is 32.7 Å². The molecule has 2 saturated carbocycles. The monoisotopic (exact) mass is 591 g/mol. The van der Waals surface area contributed by atoms with E-state index in [9.17, 15) is 0 Å². The van der Waals surface area contributed by atoms with E-state index in [1.54, 1.807) is 5.30 Å². The first-order chi connectivity index (χ1) is 11.7. The van der Waals surface area contributed by atoms with Crippen LogP contribution in [0.2, 0.25) is 0 Å². The number of benzene rings is 1. The van der Waals surface area contributed by atoms with Crippen molar-refractivity contribution >= 4 is 48.8 Å². The fourth-order valence-corrected chi connectivity index (χ4v) is 9.00. The molecule has 0 atom stereocenters. The molecule has 0 radical (unpaired) electrons. The summed E-state index contributed by atoms with van der Waals surface area (Å²) in [6, 6.07) is 9.83. The summed E-state index contributed by atoms with van der Waals surface area (Å²) in [5, 5.41) is 4.81. The Morgan fingerprint density at radius 1 is 0.778 bits per heavy atom. The SMILES string of the molecule is Cc1ccc(C)c2[cH-]c(P(C3CCCCC3)C3CCCCC3)cc12.Cl.Cl.[Hf]. The molecule has 2 aromatic carbocycles. The summed E-state index contributed by atoms with van der Waals surface area (Å²) in [6.45, 7) is 4.57. The van der Waals surface area contributed by atoms with Crippen molar-refractivity contribution < 1.29 is 25.8 Å². The Labute approximate surface area is 198 Å². The number of fused-ring (bicyclic) bond motifs is 1. The average Bonchev–Trinajstić information content (AvgIpc) is 3.07. The molecule has 0 saturated heterocycles. The summed E-state index contributed by atoms with van der Waals surface area (Å²) in [4.78, 5) is 0. The summed E-state index contributed by atoms with van der Waals surface area (Å²) in [5.74, 6) is 0. The molecule has 0 heterocycles. The van der Waals surface area contributed by atoms with Crippen molar-refractivity contribution in [2.24, 2.45) is 0 Å². The summed E-state index contributed by atoms with van der Waals surface area (Å²) in [5.41, 5.74) is 4.94. The fourth-order valence-electron chi connectivity index (χ4n) is 5.16. The van der Waals surface area contributed by atoms with Crippen molar-refractivity contribution in [1.82, 2.24) is 0 Å². The Kier molecular flexibility index (Phi) is 11.2. The van der Waals surface area contributed by atoms with Crippen LogP contribution in [0.25, 0.3) is 10.8 Å². The third-order valence-corrected chi connectivity index (χ3v) is 10.0. The van der Waals surface area contributed by atoms with E-state index in [1.165, 1.54) is 86.1 Å². The van der Waals surface area contributed by atoms with Gasteiger partial charge in [-0.3, -0.25) is 0 Å². The number of hydrogen-bond donors (Lipinski definition) is 0. The van der Waals surface area contributed by atoms with Gasteiger partial charge in [-0.25, -0.2) is 0 Å². The average molecular weight is 591 g/mol. The quantitative estimate of drug-likeness (QED) is 0.195. The van der Waals surface area contributed by atoms with E-state index in [0.29, 0.717) is 0 Å². The Hall–Kier alpha value is 0.710. The third kappa shape index (κ3) is 5.65. The zero-order chi connectivity index (χ0) is 16.5. The Balaban J connectivity index is 0.00000121. The molecule has 2 fully saturated rings. The summed E-state index contributed by atoms with van der Waals surface area (Å²) >= 11 is 0. The van der Waals surface area contributed by atoms with Crippen LogP contribution in [0.1, 0.15) is 75.3 Å². The molecular weight excluding hydrogens is 557 g/mol. The second-order valence-electron chi connectivity index (χ2n) is 8.23. The smallest absolute Gasteiger partial charge is 0 e. The van der Waals surface area contributed by atoms with Crippen molar-refractivity contribution in [2.75, 3.05) is 0 Å². The molecule has 0 amide bonds. The molecule has 4 heteroatoms. The first kappa shape index (κ1) is 25.7. The van der Waals surface area contributed by atoms with Crippen LogP contribution in [0.3, 0.4) is 0 Å². The zero-order valence-electron chi connectivity index (χ0n) is 16.8. The van der Waals surface area contributed by atoms with Gasteiger partial charge in [-0.2, -0.15) is 6.07 Å². The van der Waals surface area contributed by atoms with Gasteiger partial charge in [-0.05, 0) is 43.9 Å². The first-order valence-corrected chi connectivity index (χ1v) is 11.7. The van der Waals surface area contributed by atoms with Crippen molar-refractivity contribution in [2.45, 2.75) is 89.4 Å². The van der Waals surface area contributed by atoms with Gasteiger partial charge in [0.05, 0.1) is 0 Å². The van der Waals surface area contributed by atoms with Gasteiger partial charge in [-0.1, -0.05) is 65.0 Å². The summed E-state index contributed by atoms with van der Waals surface area (Å²) < 4.78 is 0. The molecule has 0 aliphatic heterocycles. The molecule has 2 aliphatic rings. The van der Waals surface area contributed by atoms with E-state index >= 15 is 0 Å². The van der Waals surface area contributed by atoms with Crippen molar-refractivity contribution in [3.8, 4) is 0 Å². The van der Waals surface area contributed by atoms with E-state index in [1.807, 2.05) is 0 Å². The normalized spacial score (nSPS) is 18.6. The standard InChI is InChI=1S/C23H32P.2ClH.Hf/c1-17-13-14-18(2)23-16-21(15-22(17)23)24(19-9-5-3-6-10-19)20-11-7-4-8-12-20;;;/h13-16,19-20H,3-12H2,1-2H3;2*1H;/q-1;;;. The maximum atomic E-state index is 2.60. The van der Waals surface area contributed by atoms with E-state index in [4.69, 9.17) is 0 Å². The van der Waals surface area contributed by atoms with Gasteiger partial charge in [0, 0.05) is 25.8 Å². The van der Waals surface area contributed by atoms with Gasteiger partial charge in [0.25, 0.3) is 0 Å². The van der Waals surface area contributed by atoms with Gasteiger partial charge >= 0.3 is 0 Å². The number of rotatable bonds is 3. The largest absolute Gasteiger partial charge is 0.160 e. The number of aryl methyl sites for hydroxylation is 2. The second-order valence-corrected chi connectivity index (χ2v) is 11.0. The van der Waals surface area contributed by atoms with E-state index in [-0.39, 0.29) is 58.6 Å². The minimum absolute atomic E-state index is 0. The molecule has 0 spiro atoms. The van der Waals surface area contributed by atoms with Crippen molar-refractivity contribution in [3.63, 3.8) is 0 Å². The molecule has 4 rings (SSSR count). The minimum Gasteiger partial charge on any atom is -0.160 e. The molecule has 0 aromatic heterocycles. The molecule has 27 heavy (non-hydrogen) atoms. The van der Waals surface area contributed by atoms with Crippen LogP contribution in [0.15, 0.2) is 24.3 Å². The van der Waals surface area contributed by atoms with Crippen molar-refractivity contribution in [3.05, 3.63) is 35.4 Å². The first-order valence-electron chi connectivity index (χ1n) is 10.2. The molecule has 0 N–H and O–H groups in total. The molecule has 0 bridgehead atoms. The van der Waals surface area contributed by atoms with Crippen LogP contribution < -0.4 is 5.30 Å². The third-order valence-electron chi connectivity index (χ3n) is 6.54. The van der Waals surface area contributed by atoms with E-state index < -0.39 is 0 Å². The van der Waals surface area contributed by atoms with Crippen LogP contribution in [-0.2, 0) is 25.8 Å². The molecule has 150 valence electrons. The molecular formula is C23H34Cl2HfP-. The Bertz CT molecular complexity index is 643. The predicted octanol–water partition coefficient (Wildman–Crippen LogP) is 7.79. The Morgan fingerprint density at radius 2 is 1.26 bits per heavy atom. The van der Waals surface area contributed by atoms with Crippen LogP contribution in [0.4, 0.5) is 0 Å². The van der Waals surface area contributed by atoms with Crippen LogP contribution in [0, 0.1) is 13.8 Å². The second kappa shape index (κ2) is 11.8. The maximum absolute atomic E-state index is 2.60. The molecule has 0 nitrogen and oxygen atoms in total. The maximum Gasteiger partial charge on any atom is 0 e. The van der Waals surface area contributed by atoms with Gasteiger partial charge in [0.2, 0.25) is 0 Å². The van der Waals surface area contributed by atoms with Gasteiger partial charge in [-0.15, -0.1) is 58.6 Å². The summed E-state index contributed by atoms with van der Waals surface area (Å²) in [7, 11) is 0.0363. The van der Waals surface area contributed by atoms with Crippen molar-refractivity contribution in [1.29, 1.82) is 0 Å². The fraction of sp³-hybridized carbons (Fsp3) is 0.609. The number of halogens is 2. The minimum atomic E-state index is 0. The van der Waals surface area contributed by atoms with E-state index in [2.05, 4.69) is 38.1 Å². The van der Waals surface area contributed by atoms with Crippen LogP contribution in [-0.4, -0.2) is 11.3 Å². The van der Waals surface area contributed by atoms with Gasteiger partial charge < -0.3 is 0 Å². The molecule has 0 unspecified atom stereocenters. The topological polar surface area (TPSA) is 0 Å². The van der Waals surface area contributed by atoms with E-state index in [0.717, 1.165) is 11.3 Å². The van der Waals surface area contributed by atoms with Gasteiger partial charge in [0.1, 0.15) is 0 Å². The van der Waals surface area contributed by atoms with Crippen LogP contribution in [0.5, 0.6) is 0 Å². The zero-order valence-corrected chi connectivity index (χ0v) is 22.9. The molecule has 2 aliphatic carbocycles.